The Morgan fingerprint density at radius 1 is 1.26 bits per heavy atom. The molecule has 2 heterocycles. The van der Waals surface area contributed by atoms with Crippen molar-refractivity contribution in [2.75, 3.05) is 40.5 Å². The lowest BCUT2D eigenvalue weighted by molar-refractivity contribution is -0.0571. The van der Waals surface area contributed by atoms with Crippen LogP contribution in [0.25, 0.3) is 21.3 Å². The minimum absolute atomic E-state index is 0.174. The number of hydrogen-bond donors (Lipinski definition) is 2. The third kappa shape index (κ3) is 7.35. The minimum Gasteiger partial charge on any atom is -0.497 e. The van der Waals surface area contributed by atoms with E-state index < -0.39 is 6.10 Å². The van der Waals surface area contributed by atoms with Crippen LogP contribution in [-0.4, -0.2) is 72.2 Å². The summed E-state index contributed by atoms with van der Waals surface area (Å²) in [7, 11) is 3.29. The number of ether oxygens (including phenoxy) is 3. The lowest BCUT2D eigenvalue weighted by Gasteiger charge is -2.27. The fraction of sp³-hybridized carbons (Fsp3) is 0.520. The molecule has 0 aliphatic carbocycles. The van der Waals surface area contributed by atoms with Crippen molar-refractivity contribution in [2.45, 2.75) is 45.4 Å². The van der Waals surface area contributed by atoms with E-state index in [-0.39, 0.29) is 17.8 Å². The first-order valence-electron chi connectivity index (χ1n) is 11.4. The van der Waals surface area contributed by atoms with Gasteiger partial charge in [-0.2, -0.15) is 0 Å². The summed E-state index contributed by atoms with van der Waals surface area (Å²) in [6, 6.07) is 7.64. The molecule has 0 saturated heterocycles. The maximum Gasteiger partial charge on any atom is 0.260 e. The second kappa shape index (κ2) is 11.9. The van der Waals surface area contributed by atoms with Crippen molar-refractivity contribution in [1.82, 2.24) is 14.9 Å². The molecule has 0 aliphatic heterocycles. The highest BCUT2D eigenvalue weighted by Gasteiger charge is 2.19. The first-order valence-corrected chi connectivity index (χ1v) is 12.3. The average molecular weight is 490 g/mol. The number of aliphatic hydroxyl groups excluding tert-OH is 1. The van der Waals surface area contributed by atoms with Crippen molar-refractivity contribution in [3.8, 4) is 16.9 Å². The number of aromatic amines is 1. The molecule has 3 aromatic rings. The van der Waals surface area contributed by atoms with Crippen LogP contribution in [0.3, 0.4) is 0 Å². The van der Waals surface area contributed by atoms with Crippen LogP contribution < -0.4 is 10.3 Å². The van der Waals surface area contributed by atoms with Gasteiger partial charge in [0.15, 0.2) is 0 Å². The first-order chi connectivity index (χ1) is 16.2. The van der Waals surface area contributed by atoms with Crippen molar-refractivity contribution < 1.29 is 19.3 Å². The number of methoxy groups -OCH3 is 2. The summed E-state index contributed by atoms with van der Waals surface area (Å²) < 4.78 is 16.2. The van der Waals surface area contributed by atoms with Gasteiger partial charge in [0.1, 0.15) is 16.4 Å². The molecule has 0 spiro atoms. The molecule has 8 nitrogen and oxygen atoms in total. The van der Waals surface area contributed by atoms with E-state index in [9.17, 15) is 9.90 Å². The molecule has 0 saturated carbocycles. The molecule has 34 heavy (non-hydrogen) atoms. The zero-order chi connectivity index (χ0) is 24.7. The van der Waals surface area contributed by atoms with Crippen LogP contribution in [0.5, 0.6) is 5.75 Å². The molecule has 0 amide bonds. The smallest absolute Gasteiger partial charge is 0.260 e. The number of H-pyrrole nitrogens is 1. The van der Waals surface area contributed by atoms with E-state index in [0.29, 0.717) is 42.3 Å². The van der Waals surface area contributed by atoms with Crippen LogP contribution >= 0.6 is 11.3 Å². The second-order valence-electron chi connectivity index (χ2n) is 9.23. The van der Waals surface area contributed by atoms with Gasteiger partial charge in [0.05, 0.1) is 37.4 Å². The Morgan fingerprint density at radius 3 is 2.76 bits per heavy atom. The Balaban J connectivity index is 1.80. The molecule has 1 aromatic carbocycles. The van der Waals surface area contributed by atoms with Gasteiger partial charge >= 0.3 is 0 Å². The number of nitrogens with one attached hydrogen (secondary N) is 1. The Hall–Kier alpha value is -2.30. The van der Waals surface area contributed by atoms with Gasteiger partial charge in [-0.3, -0.25) is 9.69 Å². The normalized spacial score (nSPS) is 13.0. The zero-order valence-electron chi connectivity index (χ0n) is 20.6. The molecule has 0 aliphatic rings. The van der Waals surface area contributed by atoms with Crippen LogP contribution in [0.1, 0.15) is 33.0 Å². The summed E-state index contributed by atoms with van der Waals surface area (Å²) in [6.07, 6.45) is 0.146. The Bertz CT molecular complexity index is 1120. The number of aromatic nitrogens is 2. The first kappa shape index (κ1) is 26.3. The molecular formula is C25H35N3O5S. The number of thiophene rings is 1. The van der Waals surface area contributed by atoms with Gasteiger partial charge in [-0.15, -0.1) is 11.3 Å². The van der Waals surface area contributed by atoms with Crippen LogP contribution in [0.15, 0.2) is 34.4 Å². The van der Waals surface area contributed by atoms with E-state index >= 15 is 0 Å². The van der Waals surface area contributed by atoms with Gasteiger partial charge in [-0.05, 0) is 44.9 Å². The van der Waals surface area contributed by atoms with Crippen LogP contribution in [0.4, 0.5) is 0 Å². The maximum absolute atomic E-state index is 13.1. The molecule has 186 valence electrons. The average Bonchev–Trinajstić information content (AvgIpc) is 3.22. The third-order valence-corrected chi connectivity index (χ3v) is 6.12. The topological polar surface area (TPSA) is 96.9 Å². The number of hydrogen-bond acceptors (Lipinski definition) is 8. The predicted molar refractivity (Wildman–Crippen MR) is 136 cm³/mol. The molecule has 2 aromatic heterocycles. The third-order valence-electron chi connectivity index (χ3n) is 5.25. The highest BCUT2D eigenvalue weighted by Crippen LogP contribution is 2.32. The van der Waals surface area contributed by atoms with Crippen LogP contribution in [-0.2, 0) is 16.0 Å². The van der Waals surface area contributed by atoms with Crippen LogP contribution in [0, 0.1) is 0 Å². The molecule has 2 N–H and O–H groups in total. The monoisotopic (exact) mass is 489 g/mol. The van der Waals surface area contributed by atoms with E-state index in [1.165, 1.54) is 11.3 Å². The largest absolute Gasteiger partial charge is 0.497 e. The molecule has 0 radical (unpaired) electrons. The summed E-state index contributed by atoms with van der Waals surface area (Å²) in [4.78, 5) is 23.5. The van der Waals surface area contributed by atoms with Crippen molar-refractivity contribution in [3.63, 3.8) is 0 Å². The molecule has 1 atom stereocenters. The fourth-order valence-electron chi connectivity index (χ4n) is 3.65. The summed E-state index contributed by atoms with van der Waals surface area (Å²) in [5.74, 6) is 1.30. The number of aliphatic hydroxyl groups is 1. The number of nitrogens with zero attached hydrogens (tertiary/aromatic N) is 2. The van der Waals surface area contributed by atoms with Gasteiger partial charge in [0, 0.05) is 37.7 Å². The number of benzene rings is 1. The van der Waals surface area contributed by atoms with E-state index in [2.05, 4.69) is 9.88 Å². The lowest BCUT2D eigenvalue weighted by Crippen LogP contribution is -2.38. The Kier molecular flexibility index (Phi) is 9.21. The van der Waals surface area contributed by atoms with Gasteiger partial charge in [0.2, 0.25) is 0 Å². The Morgan fingerprint density at radius 2 is 2.06 bits per heavy atom. The van der Waals surface area contributed by atoms with Gasteiger partial charge in [0.25, 0.3) is 5.56 Å². The highest BCUT2D eigenvalue weighted by atomic mass is 32.1. The predicted octanol–water partition coefficient (Wildman–Crippen LogP) is 3.67. The molecular weight excluding hydrogens is 454 g/mol. The summed E-state index contributed by atoms with van der Waals surface area (Å²) >= 11 is 1.44. The van der Waals surface area contributed by atoms with E-state index in [1.54, 1.807) is 14.2 Å². The molecule has 0 bridgehead atoms. The standard InChI is InChI=1S/C25H35N3O5S/c1-25(2,3)33-15-18(29)13-28(10-7-11-31-4)14-21-26-23(30)22-20(16-34-24(22)27-21)17-8-6-9-19(12-17)32-5/h6,8-9,12,16,18,29H,7,10-11,13-15H2,1-5H3,(H,26,27,30). The zero-order valence-corrected chi connectivity index (χ0v) is 21.4. The van der Waals surface area contributed by atoms with E-state index in [0.717, 1.165) is 23.3 Å². The minimum atomic E-state index is -0.654. The maximum atomic E-state index is 13.1. The molecule has 3 rings (SSSR count). The summed E-state index contributed by atoms with van der Waals surface area (Å²) in [5, 5.41) is 13.0. The lowest BCUT2D eigenvalue weighted by atomic mass is 10.1. The van der Waals surface area contributed by atoms with Crippen molar-refractivity contribution in [1.29, 1.82) is 0 Å². The van der Waals surface area contributed by atoms with Gasteiger partial charge < -0.3 is 24.3 Å². The van der Waals surface area contributed by atoms with E-state index in [4.69, 9.17) is 19.2 Å². The molecule has 9 heteroatoms. The SMILES string of the molecule is COCCCN(Cc1nc2scc(-c3cccc(OC)c3)c2c(=O)[nH]1)CC(O)COC(C)(C)C. The van der Waals surface area contributed by atoms with Crippen LogP contribution in [0.2, 0.25) is 0 Å². The van der Waals surface area contributed by atoms with Crippen molar-refractivity contribution >= 4 is 21.6 Å². The van der Waals surface area contributed by atoms with Gasteiger partial charge in [-0.25, -0.2) is 4.98 Å². The second-order valence-corrected chi connectivity index (χ2v) is 10.1. The number of rotatable bonds is 12. The summed E-state index contributed by atoms with van der Waals surface area (Å²) in [6.45, 7) is 8.24. The number of fused-ring (bicyclic) bond motifs is 1. The molecule has 1 unspecified atom stereocenters. The highest BCUT2D eigenvalue weighted by molar-refractivity contribution is 7.17. The summed E-state index contributed by atoms with van der Waals surface area (Å²) in [5.41, 5.74) is 1.26. The van der Waals surface area contributed by atoms with Crippen molar-refractivity contribution in [3.05, 3.63) is 45.8 Å². The molecule has 0 fully saturated rings. The Labute approximate surface area is 204 Å². The van der Waals surface area contributed by atoms with E-state index in [1.807, 2.05) is 50.4 Å². The van der Waals surface area contributed by atoms with Crippen molar-refractivity contribution in [2.24, 2.45) is 0 Å². The van der Waals surface area contributed by atoms with Gasteiger partial charge in [-0.1, -0.05) is 12.1 Å². The fourth-order valence-corrected chi connectivity index (χ4v) is 4.61. The quantitative estimate of drug-likeness (QED) is 0.375.